The smallest absolute Gasteiger partial charge is 0.353 e. The van der Waals surface area contributed by atoms with Crippen molar-refractivity contribution in [2.24, 2.45) is 11.8 Å². The SMILES string of the molecule is C[C@@H](Oc1ccon1)[C@H]1C(=O)N2C(C(=O)O)=C(S[C@@H]3CN[C@H](C(=O)N(C)C)C3)[C@H](C)[C@H]12. The highest BCUT2D eigenvalue weighted by molar-refractivity contribution is 8.03. The summed E-state index contributed by atoms with van der Waals surface area (Å²) in [7, 11) is 3.43. The normalized spacial score (nSPS) is 30.8. The third-order valence-electron chi connectivity index (χ3n) is 6.14. The van der Waals surface area contributed by atoms with E-state index in [1.807, 2.05) is 6.92 Å². The molecule has 2 amide bonds. The zero-order valence-corrected chi connectivity index (χ0v) is 18.6. The second-order valence-electron chi connectivity index (χ2n) is 8.36. The molecule has 2 fully saturated rings. The van der Waals surface area contributed by atoms with Gasteiger partial charge in [-0.15, -0.1) is 11.8 Å². The number of carboxylic acid groups (broad SMARTS) is 1. The first-order valence-corrected chi connectivity index (χ1v) is 11.1. The van der Waals surface area contributed by atoms with E-state index in [9.17, 15) is 19.5 Å². The highest BCUT2D eigenvalue weighted by Crippen LogP contribution is 2.52. The van der Waals surface area contributed by atoms with Gasteiger partial charge in [0.25, 0.3) is 5.88 Å². The van der Waals surface area contributed by atoms with Gasteiger partial charge >= 0.3 is 5.97 Å². The van der Waals surface area contributed by atoms with Crippen molar-refractivity contribution < 1.29 is 28.8 Å². The monoisotopic (exact) mass is 450 g/mol. The summed E-state index contributed by atoms with van der Waals surface area (Å²) >= 11 is 1.46. The summed E-state index contributed by atoms with van der Waals surface area (Å²) in [5, 5.41) is 16.9. The van der Waals surface area contributed by atoms with Crippen molar-refractivity contribution >= 4 is 29.5 Å². The molecule has 0 unspecified atom stereocenters. The average Bonchev–Trinajstić information content (AvgIpc) is 3.42. The van der Waals surface area contributed by atoms with Crippen molar-refractivity contribution in [1.82, 2.24) is 20.3 Å². The van der Waals surface area contributed by atoms with Gasteiger partial charge in [-0.3, -0.25) is 9.59 Å². The Balaban J connectivity index is 1.49. The van der Waals surface area contributed by atoms with E-state index in [-0.39, 0.29) is 40.8 Å². The molecule has 0 aliphatic carbocycles. The van der Waals surface area contributed by atoms with Gasteiger partial charge in [-0.2, -0.15) is 0 Å². The van der Waals surface area contributed by atoms with Crippen LogP contribution >= 0.6 is 11.8 Å². The van der Waals surface area contributed by atoms with E-state index in [4.69, 9.17) is 9.26 Å². The van der Waals surface area contributed by atoms with Gasteiger partial charge < -0.3 is 29.5 Å². The fourth-order valence-corrected chi connectivity index (χ4v) is 6.14. The summed E-state index contributed by atoms with van der Waals surface area (Å²) in [6.45, 7) is 4.33. The first-order valence-electron chi connectivity index (χ1n) is 10.2. The van der Waals surface area contributed by atoms with Gasteiger partial charge in [0, 0.05) is 42.8 Å². The Bertz CT molecular complexity index is 917. The molecule has 1 aromatic rings. The molecule has 6 atom stereocenters. The van der Waals surface area contributed by atoms with Gasteiger partial charge in [0.2, 0.25) is 11.8 Å². The molecule has 0 spiro atoms. The van der Waals surface area contributed by atoms with Crippen LogP contribution in [0.1, 0.15) is 20.3 Å². The summed E-state index contributed by atoms with van der Waals surface area (Å²) in [4.78, 5) is 40.8. The van der Waals surface area contributed by atoms with Crippen LogP contribution in [0.25, 0.3) is 0 Å². The van der Waals surface area contributed by atoms with E-state index in [0.717, 1.165) is 0 Å². The fraction of sp³-hybridized carbons (Fsp3) is 0.600. The summed E-state index contributed by atoms with van der Waals surface area (Å²) in [5.41, 5.74) is 0.0553. The van der Waals surface area contributed by atoms with Crippen LogP contribution in [0.15, 0.2) is 27.5 Å². The summed E-state index contributed by atoms with van der Waals surface area (Å²) in [6.07, 6.45) is 1.52. The largest absolute Gasteiger partial charge is 0.477 e. The first-order chi connectivity index (χ1) is 14.7. The quantitative estimate of drug-likeness (QED) is 0.579. The summed E-state index contributed by atoms with van der Waals surface area (Å²) in [6, 6.07) is 1.01. The zero-order valence-electron chi connectivity index (χ0n) is 17.8. The number of β-lactam (4-membered cyclic amide) rings is 1. The molecule has 0 bridgehead atoms. The van der Waals surface area contributed by atoms with Crippen molar-refractivity contribution in [3.8, 4) is 5.88 Å². The van der Waals surface area contributed by atoms with E-state index in [1.165, 1.54) is 22.9 Å². The summed E-state index contributed by atoms with van der Waals surface area (Å²) in [5.74, 6) is -1.69. The molecule has 2 N–H and O–H groups in total. The molecule has 4 heterocycles. The number of carboxylic acids is 1. The lowest BCUT2D eigenvalue weighted by atomic mass is 9.79. The number of hydrogen-bond acceptors (Lipinski definition) is 8. The number of carbonyl (C=O) groups is 3. The van der Waals surface area contributed by atoms with E-state index in [0.29, 0.717) is 23.8 Å². The highest BCUT2D eigenvalue weighted by atomic mass is 32.2. The second-order valence-corrected chi connectivity index (χ2v) is 9.70. The van der Waals surface area contributed by atoms with Crippen LogP contribution in [-0.2, 0) is 14.4 Å². The number of amides is 2. The van der Waals surface area contributed by atoms with Crippen LogP contribution in [0, 0.1) is 11.8 Å². The predicted octanol–water partition coefficient (Wildman–Crippen LogP) is 0.767. The maximum atomic E-state index is 12.9. The van der Waals surface area contributed by atoms with Crippen LogP contribution in [0.5, 0.6) is 5.88 Å². The maximum absolute atomic E-state index is 12.9. The van der Waals surface area contributed by atoms with Gasteiger partial charge in [0.1, 0.15) is 18.1 Å². The van der Waals surface area contributed by atoms with Crippen molar-refractivity contribution in [2.45, 2.75) is 43.7 Å². The van der Waals surface area contributed by atoms with E-state index >= 15 is 0 Å². The van der Waals surface area contributed by atoms with E-state index in [1.54, 1.807) is 32.0 Å². The molecule has 10 nitrogen and oxygen atoms in total. The highest BCUT2D eigenvalue weighted by Gasteiger charge is 2.61. The van der Waals surface area contributed by atoms with E-state index < -0.39 is 18.0 Å². The number of thioether (sulfide) groups is 1. The van der Waals surface area contributed by atoms with E-state index in [2.05, 4.69) is 10.5 Å². The number of carbonyl (C=O) groups excluding carboxylic acids is 2. The minimum absolute atomic E-state index is 0.00731. The van der Waals surface area contributed by atoms with Crippen molar-refractivity contribution in [1.29, 1.82) is 0 Å². The van der Waals surface area contributed by atoms with Gasteiger partial charge in [0.05, 0.1) is 18.0 Å². The minimum atomic E-state index is -1.11. The Morgan fingerprint density at radius 2 is 2.19 bits per heavy atom. The van der Waals surface area contributed by atoms with Gasteiger partial charge in [0.15, 0.2) is 0 Å². The average molecular weight is 451 g/mol. The number of likely N-dealkylation sites (N-methyl/N-ethyl adjacent to an activating group) is 1. The van der Waals surface area contributed by atoms with Crippen LogP contribution in [-0.4, -0.2) is 81.9 Å². The molecule has 3 aliphatic heterocycles. The topological polar surface area (TPSA) is 125 Å². The maximum Gasteiger partial charge on any atom is 0.353 e. The van der Waals surface area contributed by atoms with Crippen LogP contribution in [0.3, 0.4) is 0 Å². The molecule has 0 radical (unpaired) electrons. The molecule has 2 saturated heterocycles. The lowest BCUT2D eigenvalue weighted by molar-refractivity contribution is -0.162. The Hall–Kier alpha value is -2.53. The van der Waals surface area contributed by atoms with Crippen molar-refractivity contribution in [3.63, 3.8) is 0 Å². The third kappa shape index (κ3) is 3.69. The number of fused-ring (bicyclic) bond motifs is 1. The number of nitrogens with one attached hydrogen (secondary N) is 1. The van der Waals surface area contributed by atoms with Gasteiger partial charge in [-0.25, -0.2) is 4.79 Å². The number of ether oxygens (including phenoxy) is 1. The Labute approximate surface area is 183 Å². The molecule has 168 valence electrons. The van der Waals surface area contributed by atoms with Crippen molar-refractivity contribution in [2.75, 3.05) is 20.6 Å². The second kappa shape index (κ2) is 8.19. The molecule has 11 heteroatoms. The Kier molecular flexibility index (Phi) is 5.73. The molecule has 31 heavy (non-hydrogen) atoms. The molecule has 0 aromatic carbocycles. The number of aromatic nitrogens is 1. The van der Waals surface area contributed by atoms with Crippen LogP contribution < -0.4 is 10.1 Å². The van der Waals surface area contributed by atoms with Crippen molar-refractivity contribution in [3.05, 3.63) is 22.9 Å². The van der Waals surface area contributed by atoms with Crippen LogP contribution in [0.2, 0.25) is 0 Å². The molecule has 3 aliphatic rings. The molecule has 1 aromatic heterocycles. The Morgan fingerprint density at radius 3 is 2.81 bits per heavy atom. The number of hydrogen-bond donors (Lipinski definition) is 2. The summed E-state index contributed by atoms with van der Waals surface area (Å²) < 4.78 is 10.5. The van der Waals surface area contributed by atoms with Crippen LogP contribution in [0.4, 0.5) is 0 Å². The minimum Gasteiger partial charge on any atom is -0.477 e. The van der Waals surface area contributed by atoms with Gasteiger partial charge in [-0.1, -0.05) is 6.92 Å². The molecule has 4 rings (SSSR count). The lowest BCUT2D eigenvalue weighted by Gasteiger charge is -2.47. The number of aliphatic carboxylic acids is 1. The lowest BCUT2D eigenvalue weighted by Crippen LogP contribution is -2.64. The molecule has 0 saturated carbocycles. The Morgan fingerprint density at radius 1 is 1.45 bits per heavy atom. The first kappa shape index (κ1) is 21.7. The molecular weight excluding hydrogens is 424 g/mol. The van der Waals surface area contributed by atoms with Gasteiger partial charge in [-0.05, 0) is 18.5 Å². The predicted molar refractivity (Wildman–Crippen MR) is 111 cm³/mol. The standard InChI is InChI=1S/C20H26N4O6S/c1-9-15-14(10(2)30-13-5-6-29-22-13)19(26)24(15)16(20(27)28)17(9)31-11-7-12(21-8-11)18(25)23(3)4/h5-6,9-12,14-15,21H,7-8H2,1-4H3,(H,27,28)/t9-,10-,11+,12+,14-,15-/m1/s1. The fourth-order valence-electron chi connectivity index (χ4n) is 4.66. The zero-order chi connectivity index (χ0) is 22.4. The third-order valence-corrected chi connectivity index (χ3v) is 7.65. The number of rotatable bonds is 7. The number of nitrogens with zero attached hydrogens (tertiary/aromatic N) is 3. The molecular formula is C20H26N4O6S.